The van der Waals surface area contributed by atoms with Crippen molar-refractivity contribution < 1.29 is 19.8 Å². The quantitative estimate of drug-likeness (QED) is 0.418. The first kappa shape index (κ1) is 19.2. The number of carboxylic acids is 2. The summed E-state index contributed by atoms with van der Waals surface area (Å²) in [5.74, 6) is -1.51. The molecule has 0 spiro atoms. The van der Waals surface area contributed by atoms with Gasteiger partial charge in [0.1, 0.15) is 12.1 Å². The second kappa shape index (κ2) is 10.9. The van der Waals surface area contributed by atoms with Gasteiger partial charge in [-0.1, -0.05) is 13.8 Å². The molecule has 2 atom stereocenters. The first-order chi connectivity index (χ1) is 8.22. The molecule has 7 heteroatoms. The van der Waals surface area contributed by atoms with Gasteiger partial charge in [-0.15, -0.1) is 0 Å². The zero-order valence-corrected chi connectivity index (χ0v) is 11.0. The molecular weight excluding hydrogens is 238 g/mol. The maximum atomic E-state index is 10.1. The van der Waals surface area contributed by atoms with Gasteiger partial charge in [-0.25, -0.2) is 0 Å². The minimum atomic E-state index is -0.955. The normalized spacial score (nSPS) is 13.4. The number of nitrogens with two attached hydrogens (primary N) is 3. The van der Waals surface area contributed by atoms with E-state index in [-0.39, 0.29) is 0 Å². The SMILES string of the molecule is CC(C)CC(N)C(=O)O.NCCCC(N)C(=O)O. The molecule has 0 saturated heterocycles. The second-order valence-corrected chi connectivity index (χ2v) is 4.45. The van der Waals surface area contributed by atoms with Crippen molar-refractivity contribution in [3.63, 3.8) is 0 Å². The zero-order valence-electron chi connectivity index (χ0n) is 11.0. The van der Waals surface area contributed by atoms with Crippen LogP contribution in [0, 0.1) is 5.92 Å². The van der Waals surface area contributed by atoms with Gasteiger partial charge in [-0.05, 0) is 31.7 Å². The van der Waals surface area contributed by atoms with Crippen LogP contribution in [0.4, 0.5) is 0 Å². The van der Waals surface area contributed by atoms with E-state index in [4.69, 9.17) is 27.4 Å². The summed E-state index contributed by atoms with van der Waals surface area (Å²) in [5.41, 5.74) is 15.5. The van der Waals surface area contributed by atoms with Gasteiger partial charge in [-0.3, -0.25) is 9.59 Å². The number of carbonyl (C=O) groups is 2. The Bertz CT molecular complexity index is 246. The van der Waals surface area contributed by atoms with E-state index < -0.39 is 24.0 Å². The lowest BCUT2D eigenvalue weighted by Crippen LogP contribution is -2.31. The predicted molar refractivity (Wildman–Crippen MR) is 69.0 cm³/mol. The summed E-state index contributed by atoms with van der Waals surface area (Å²) < 4.78 is 0. The molecule has 8 N–H and O–H groups in total. The fraction of sp³-hybridized carbons (Fsp3) is 0.818. The average molecular weight is 263 g/mol. The molecule has 0 aromatic rings. The Balaban J connectivity index is 0. The van der Waals surface area contributed by atoms with Crippen molar-refractivity contribution in [2.75, 3.05) is 6.54 Å². The molecule has 0 aromatic heterocycles. The van der Waals surface area contributed by atoms with Crippen molar-refractivity contribution in [1.82, 2.24) is 0 Å². The summed E-state index contributed by atoms with van der Waals surface area (Å²) in [6.45, 7) is 4.40. The van der Waals surface area contributed by atoms with Crippen molar-refractivity contribution >= 4 is 11.9 Å². The number of carboxylic acid groups (broad SMARTS) is 2. The largest absolute Gasteiger partial charge is 0.480 e. The molecule has 0 amide bonds. The third kappa shape index (κ3) is 12.9. The van der Waals surface area contributed by atoms with E-state index in [0.29, 0.717) is 31.7 Å². The third-order valence-electron chi connectivity index (χ3n) is 2.08. The van der Waals surface area contributed by atoms with E-state index in [0.717, 1.165) is 0 Å². The lowest BCUT2D eigenvalue weighted by molar-refractivity contribution is -0.139. The van der Waals surface area contributed by atoms with Gasteiger partial charge >= 0.3 is 11.9 Å². The second-order valence-electron chi connectivity index (χ2n) is 4.45. The van der Waals surface area contributed by atoms with E-state index in [9.17, 15) is 9.59 Å². The summed E-state index contributed by atoms with van der Waals surface area (Å²) in [5, 5.41) is 16.5. The van der Waals surface area contributed by atoms with Gasteiger partial charge in [0, 0.05) is 0 Å². The van der Waals surface area contributed by atoms with Gasteiger partial charge in [0.25, 0.3) is 0 Å². The summed E-state index contributed by atoms with van der Waals surface area (Å²) >= 11 is 0. The van der Waals surface area contributed by atoms with Crippen molar-refractivity contribution in [2.24, 2.45) is 23.1 Å². The Morgan fingerprint density at radius 1 is 1.06 bits per heavy atom. The molecule has 18 heavy (non-hydrogen) atoms. The smallest absolute Gasteiger partial charge is 0.320 e. The summed E-state index contributed by atoms with van der Waals surface area (Å²) in [6, 6.07) is -1.43. The van der Waals surface area contributed by atoms with E-state index in [1.165, 1.54) is 0 Å². The van der Waals surface area contributed by atoms with Crippen molar-refractivity contribution in [3.05, 3.63) is 0 Å². The minimum Gasteiger partial charge on any atom is -0.480 e. The third-order valence-corrected chi connectivity index (χ3v) is 2.08. The Labute approximate surface area is 107 Å². The van der Waals surface area contributed by atoms with Gasteiger partial charge in [0.2, 0.25) is 0 Å². The topological polar surface area (TPSA) is 153 Å². The highest BCUT2D eigenvalue weighted by Crippen LogP contribution is 2.01. The first-order valence-corrected chi connectivity index (χ1v) is 5.89. The molecule has 108 valence electrons. The molecular formula is C11H25N3O4. The van der Waals surface area contributed by atoms with Crippen LogP contribution in [-0.4, -0.2) is 40.8 Å². The van der Waals surface area contributed by atoms with Crippen LogP contribution in [0.2, 0.25) is 0 Å². The van der Waals surface area contributed by atoms with Crippen molar-refractivity contribution in [2.45, 2.75) is 45.2 Å². The molecule has 0 aliphatic heterocycles. The molecule has 0 saturated carbocycles. The summed E-state index contributed by atoms with van der Waals surface area (Å²) in [6.07, 6.45) is 1.69. The minimum absolute atomic E-state index is 0.357. The highest BCUT2D eigenvalue weighted by atomic mass is 16.4. The Kier molecular flexibility index (Phi) is 11.7. The van der Waals surface area contributed by atoms with E-state index in [1.807, 2.05) is 13.8 Å². The monoisotopic (exact) mass is 263 g/mol. The standard InChI is InChI=1S/C6H13NO2.C5H12N2O2/c1-4(2)3-5(7)6(8)9;6-3-1-2-4(7)5(8)9/h4-5H,3,7H2,1-2H3,(H,8,9);4H,1-3,6-7H2,(H,8,9). The van der Waals surface area contributed by atoms with Crippen LogP contribution in [-0.2, 0) is 9.59 Å². The van der Waals surface area contributed by atoms with Crippen LogP contribution < -0.4 is 17.2 Å². The maximum Gasteiger partial charge on any atom is 0.320 e. The average Bonchev–Trinajstić information content (AvgIpc) is 2.25. The van der Waals surface area contributed by atoms with Gasteiger partial charge in [0.15, 0.2) is 0 Å². The maximum absolute atomic E-state index is 10.1. The number of aliphatic carboxylic acids is 2. The van der Waals surface area contributed by atoms with Crippen molar-refractivity contribution in [3.8, 4) is 0 Å². The lowest BCUT2D eigenvalue weighted by Gasteiger charge is -2.07. The molecule has 2 unspecified atom stereocenters. The van der Waals surface area contributed by atoms with Crippen molar-refractivity contribution in [1.29, 1.82) is 0 Å². The highest BCUT2D eigenvalue weighted by molar-refractivity contribution is 5.73. The molecule has 0 rings (SSSR count). The van der Waals surface area contributed by atoms with Crippen LogP contribution in [0.1, 0.15) is 33.1 Å². The fourth-order valence-corrected chi connectivity index (χ4v) is 1.07. The van der Waals surface area contributed by atoms with E-state index in [2.05, 4.69) is 0 Å². The first-order valence-electron chi connectivity index (χ1n) is 5.89. The van der Waals surface area contributed by atoms with Gasteiger partial charge in [-0.2, -0.15) is 0 Å². The molecule has 0 aliphatic rings. The van der Waals surface area contributed by atoms with Crippen LogP contribution in [0.15, 0.2) is 0 Å². The Morgan fingerprint density at radius 3 is 1.72 bits per heavy atom. The Hall–Kier alpha value is -1.18. The van der Waals surface area contributed by atoms with Crippen LogP contribution in [0.5, 0.6) is 0 Å². The van der Waals surface area contributed by atoms with Crippen LogP contribution >= 0.6 is 0 Å². The molecule has 7 nitrogen and oxygen atoms in total. The highest BCUT2D eigenvalue weighted by Gasteiger charge is 2.12. The molecule has 0 fully saturated rings. The van der Waals surface area contributed by atoms with Crippen LogP contribution in [0.3, 0.4) is 0 Å². The number of hydrogen-bond acceptors (Lipinski definition) is 5. The molecule has 0 aromatic carbocycles. The number of hydrogen-bond donors (Lipinski definition) is 5. The molecule has 0 heterocycles. The predicted octanol–water partition coefficient (Wildman–Crippen LogP) is -0.418. The molecule has 0 radical (unpaired) electrons. The van der Waals surface area contributed by atoms with Gasteiger partial charge < -0.3 is 27.4 Å². The van der Waals surface area contributed by atoms with Crippen LogP contribution in [0.25, 0.3) is 0 Å². The zero-order chi connectivity index (χ0) is 14.7. The molecule has 0 aliphatic carbocycles. The Morgan fingerprint density at radius 2 is 1.50 bits per heavy atom. The van der Waals surface area contributed by atoms with E-state index >= 15 is 0 Å². The molecule has 0 bridgehead atoms. The van der Waals surface area contributed by atoms with Gasteiger partial charge in [0.05, 0.1) is 0 Å². The summed E-state index contributed by atoms with van der Waals surface area (Å²) in [7, 11) is 0. The van der Waals surface area contributed by atoms with E-state index in [1.54, 1.807) is 0 Å². The number of rotatable bonds is 7. The summed E-state index contributed by atoms with van der Waals surface area (Å²) in [4.78, 5) is 20.1. The fourth-order valence-electron chi connectivity index (χ4n) is 1.07. The lowest BCUT2D eigenvalue weighted by atomic mass is 10.1.